The van der Waals surface area contributed by atoms with Crippen molar-refractivity contribution in [3.05, 3.63) is 0 Å². The zero-order valence-electron chi connectivity index (χ0n) is 13.5. The molecule has 0 aromatic carbocycles. The minimum absolute atomic E-state index is 0.0375. The molecule has 1 saturated heterocycles. The van der Waals surface area contributed by atoms with E-state index in [1.54, 1.807) is 0 Å². The third-order valence-corrected chi connectivity index (χ3v) is 7.70. The molecular formula is C15H25NO5S2. The van der Waals surface area contributed by atoms with Gasteiger partial charge in [0.15, 0.2) is 16.4 Å². The number of hydrogen-bond donors (Lipinski definition) is 1. The Labute approximate surface area is 142 Å². The first kappa shape index (κ1) is 18.6. The Bertz CT molecular complexity index is 534. The number of rotatable bonds is 6. The lowest BCUT2D eigenvalue weighted by Crippen LogP contribution is -2.43. The van der Waals surface area contributed by atoms with Crippen molar-refractivity contribution in [2.75, 3.05) is 23.9 Å². The van der Waals surface area contributed by atoms with E-state index in [1.165, 1.54) is 18.2 Å². The van der Waals surface area contributed by atoms with Crippen LogP contribution in [0, 0.1) is 5.92 Å². The van der Waals surface area contributed by atoms with Gasteiger partial charge in [0.1, 0.15) is 0 Å². The molecule has 1 aliphatic carbocycles. The number of carbonyl (C=O) groups excluding carboxylic acids is 2. The summed E-state index contributed by atoms with van der Waals surface area (Å²) in [5, 5.41) is 2.89. The normalized spacial score (nSPS) is 29.9. The Morgan fingerprint density at radius 1 is 1.22 bits per heavy atom. The summed E-state index contributed by atoms with van der Waals surface area (Å²) in [5.74, 6) is 0.153. The molecule has 0 aromatic rings. The van der Waals surface area contributed by atoms with Gasteiger partial charge in [-0.1, -0.05) is 19.8 Å². The fourth-order valence-corrected chi connectivity index (χ4v) is 6.48. The molecule has 0 aromatic heterocycles. The molecule has 2 aliphatic rings. The van der Waals surface area contributed by atoms with Crippen LogP contribution in [0.5, 0.6) is 0 Å². The molecule has 23 heavy (non-hydrogen) atoms. The molecule has 8 heteroatoms. The first-order valence-electron chi connectivity index (χ1n) is 8.13. The Morgan fingerprint density at radius 2 is 1.96 bits per heavy atom. The highest BCUT2D eigenvalue weighted by Crippen LogP contribution is 2.24. The van der Waals surface area contributed by atoms with Gasteiger partial charge in [-0.05, 0) is 25.2 Å². The number of amides is 1. The highest BCUT2D eigenvalue weighted by Gasteiger charge is 2.29. The quantitative estimate of drug-likeness (QED) is 0.712. The highest BCUT2D eigenvalue weighted by molar-refractivity contribution is 8.02. The van der Waals surface area contributed by atoms with Crippen LogP contribution >= 0.6 is 11.8 Å². The molecule has 0 spiro atoms. The van der Waals surface area contributed by atoms with Crippen molar-refractivity contribution in [1.29, 1.82) is 0 Å². The third-order valence-electron chi connectivity index (χ3n) is 4.45. The smallest absolute Gasteiger partial charge is 0.316 e. The fourth-order valence-electron chi connectivity index (χ4n) is 3.05. The van der Waals surface area contributed by atoms with E-state index >= 15 is 0 Å². The Hall–Kier alpha value is -0.760. The van der Waals surface area contributed by atoms with Gasteiger partial charge in [-0.3, -0.25) is 9.59 Å². The lowest BCUT2D eigenvalue weighted by atomic mass is 9.86. The summed E-state index contributed by atoms with van der Waals surface area (Å²) < 4.78 is 27.6. The summed E-state index contributed by atoms with van der Waals surface area (Å²) in [4.78, 5) is 23.5. The molecule has 1 amide bonds. The van der Waals surface area contributed by atoms with Crippen LogP contribution in [-0.4, -0.2) is 55.5 Å². The Morgan fingerprint density at radius 3 is 2.61 bits per heavy atom. The van der Waals surface area contributed by atoms with Gasteiger partial charge < -0.3 is 10.1 Å². The molecule has 1 aliphatic heterocycles. The van der Waals surface area contributed by atoms with Crippen molar-refractivity contribution >= 4 is 33.5 Å². The standard InChI is InChI=1S/C15H25NO5S2/c1-11-4-2-3-5-13(11)16-14(17)8-21-15(18)9-22-12-6-7-23(19,20)10-12/h11-13H,2-10H2,1H3,(H,16,17)/t11-,12+,13+/m0/s1. The lowest BCUT2D eigenvalue weighted by Gasteiger charge is -2.29. The third kappa shape index (κ3) is 6.33. The number of thioether (sulfide) groups is 1. The zero-order chi connectivity index (χ0) is 16.9. The zero-order valence-corrected chi connectivity index (χ0v) is 15.1. The summed E-state index contributed by atoms with van der Waals surface area (Å²) in [5.41, 5.74) is 0. The maximum Gasteiger partial charge on any atom is 0.316 e. The van der Waals surface area contributed by atoms with Gasteiger partial charge in [0.05, 0.1) is 17.3 Å². The van der Waals surface area contributed by atoms with Crippen LogP contribution in [0.4, 0.5) is 0 Å². The Balaban J connectivity index is 1.61. The predicted molar refractivity (Wildman–Crippen MR) is 90.0 cm³/mol. The van der Waals surface area contributed by atoms with Gasteiger partial charge in [0.25, 0.3) is 5.91 Å². The number of hydrogen-bond acceptors (Lipinski definition) is 6. The maximum atomic E-state index is 11.8. The SMILES string of the molecule is C[C@H]1CCCC[C@H]1NC(=O)COC(=O)CS[C@@H]1CCS(=O)(=O)C1. The van der Waals surface area contributed by atoms with Crippen molar-refractivity contribution in [1.82, 2.24) is 5.32 Å². The van der Waals surface area contributed by atoms with Gasteiger partial charge >= 0.3 is 5.97 Å². The van der Waals surface area contributed by atoms with E-state index in [1.807, 2.05) is 0 Å². The van der Waals surface area contributed by atoms with E-state index in [0.29, 0.717) is 12.3 Å². The minimum Gasteiger partial charge on any atom is -0.455 e. The van der Waals surface area contributed by atoms with E-state index in [2.05, 4.69) is 12.2 Å². The molecule has 2 rings (SSSR count). The molecular weight excluding hydrogens is 338 g/mol. The number of ether oxygens (including phenoxy) is 1. The summed E-state index contributed by atoms with van der Waals surface area (Å²) in [6, 6.07) is 0.174. The second-order valence-electron chi connectivity index (χ2n) is 6.43. The molecule has 132 valence electrons. The average Bonchev–Trinajstić information content (AvgIpc) is 2.85. The number of esters is 1. The van der Waals surface area contributed by atoms with E-state index in [0.717, 1.165) is 19.3 Å². The second-order valence-corrected chi connectivity index (χ2v) is 9.95. The molecule has 1 saturated carbocycles. The molecule has 3 atom stereocenters. The Kier molecular flexibility index (Phi) is 6.76. The summed E-state index contributed by atoms with van der Waals surface area (Å²) in [6.07, 6.45) is 5.01. The van der Waals surface area contributed by atoms with E-state index in [9.17, 15) is 18.0 Å². The van der Waals surface area contributed by atoms with Crippen molar-refractivity contribution in [2.24, 2.45) is 5.92 Å². The summed E-state index contributed by atoms with van der Waals surface area (Å²) >= 11 is 1.30. The number of nitrogens with one attached hydrogen (secondary N) is 1. The van der Waals surface area contributed by atoms with Gasteiger partial charge in [-0.25, -0.2) is 8.42 Å². The highest BCUT2D eigenvalue weighted by atomic mass is 32.2. The first-order chi connectivity index (χ1) is 10.9. The molecule has 0 unspecified atom stereocenters. The minimum atomic E-state index is -2.93. The number of sulfone groups is 1. The van der Waals surface area contributed by atoms with Crippen molar-refractivity contribution in [2.45, 2.75) is 50.3 Å². The van der Waals surface area contributed by atoms with E-state index in [-0.39, 0.29) is 41.1 Å². The average molecular weight is 364 g/mol. The molecule has 2 fully saturated rings. The first-order valence-corrected chi connectivity index (χ1v) is 11.0. The van der Waals surface area contributed by atoms with Crippen LogP contribution in [0.2, 0.25) is 0 Å². The summed E-state index contributed by atoms with van der Waals surface area (Å²) in [6.45, 7) is 1.87. The van der Waals surface area contributed by atoms with Crippen LogP contribution in [0.3, 0.4) is 0 Å². The molecule has 0 radical (unpaired) electrons. The second kappa shape index (κ2) is 8.37. The van der Waals surface area contributed by atoms with Crippen LogP contribution in [0.15, 0.2) is 0 Å². The molecule has 1 N–H and O–H groups in total. The van der Waals surface area contributed by atoms with Crippen molar-refractivity contribution in [3.63, 3.8) is 0 Å². The fraction of sp³-hybridized carbons (Fsp3) is 0.867. The molecule has 6 nitrogen and oxygen atoms in total. The molecule has 1 heterocycles. The van der Waals surface area contributed by atoms with Gasteiger partial charge in [-0.15, -0.1) is 11.8 Å². The number of carbonyl (C=O) groups is 2. The van der Waals surface area contributed by atoms with Crippen molar-refractivity contribution < 1.29 is 22.7 Å². The van der Waals surface area contributed by atoms with Crippen LogP contribution in [0.25, 0.3) is 0 Å². The van der Waals surface area contributed by atoms with E-state index < -0.39 is 15.8 Å². The topological polar surface area (TPSA) is 89.5 Å². The summed E-state index contributed by atoms with van der Waals surface area (Å²) in [7, 11) is -2.93. The molecule has 0 bridgehead atoms. The predicted octanol–water partition coefficient (Wildman–Crippen LogP) is 1.14. The lowest BCUT2D eigenvalue weighted by molar-refractivity contribution is -0.146. The van der Waals surface area contributed by atoms with Crippen LogP contribution < -0.4 is 5.32 Å². The maximum absolute atomic E-state index is 11.8. The monoisotopic (exact) mass is 363 g/mol. The van der Waals surface area contributed by atoms with Gasteiger partial charge in [0.2, 0.25) is 0 Å². The van der Waals surface area contributed by atoms with E-state index in [4.69, 9.17) is 4.74 Å². The van der Waals surface area contributed by atoms with Crippen molar-refractivity contribution in [3.8, 4) is 0 Å². The largest absolute Gasteiger partial charge is 0.455 e. The van der Waals surface area contributed by atoms with Crippen LogP contribution in [0.1, 0.15) is 39.0 Å². The van der Waals surface area contributed by atoms with Gasteiger partial charge in [0, 0.05) is 11.3 Å². The van der Waals surface area contributed by atoms with Gasteiger partial charge in [-0.2, -0.15) is 0 Å². The van der Waals surface area contributed by atoms with Crippen LogP contribution in [-0.2, 0) is 24.2 Å².